The van der Waals surface area contributed by atoms with Crippen LogP contribution in [-0.2, 0) is 16.1 Å². The fraction of sp³-hybridized carbons (Fsp3) is 0.500. The topological polar surface area (TPSA) is 44.5 Å². The zero-order chi connectivity index (χ0) is 11.8. The monoisotopic (exact) mass is 243 g/mol. The molecule has 0 aliphatic carbocycles. The van der Waals surface area contributed by atoms with Crippen molar-refractivity contribution in [3.63, 3.8) is 0 Å². The van der Waals surface area contributed by atoms with Gasteiger partial charge >= 0.3 is 0 Å². The molecule has 1 unspecified atom stereocenters. The average molecular weight is 244 g/mol. The summed E-state index contributed by atoms with van der Waals surface area (Å²) in [4.78, 5) is 0. The highest BCUT2D eigenvalue weighted by Gasteiger charge is 2.06. The molecule has 0 amide bonds. The largest absolute Gasteiger partial charge is 0.375 e. The minimum atomic E-state index is -0.0347. The third-order valence-corrected chi connectivity index (χ3v) is 2.55. The summed E-state index contributed by atoms with van der Waals surface area (Å²) in [5, 5.41) is 0.725. The van der Waals surface area contributed by atoms with Crippen LogP contribution in [0.25, 0.3) is 0 Å². The molecule has 0 saturated carbocycles. The van der Waals surface area contributed by atoms with Crippen LogP contribution in [0.15, 0.2) is 24.3 Å². The van der Waals surface area contributed by atoms with Crippen molar-refractivity contribution < 1.29 is 9.47 Å². The molecule has 1 rings (SSSR count). The first-order valence-corrected chi connectivity index (χ1v) is 5.78. The first kappa shape index (κ1) is 13.5. The standard InChI is InChI=1S/C12H18ClNO2/c1-2-16-11(7-14)9-15-8-10-5-3-4-6-12(10)13/h3-6,11H,2,7-9,14H2,1H3. The van der Waals surface area contributed by atoms with Crippen LogP contribution in [0.4, 0.5) is 0 Å². The Labute approximate surface area is 101 Å². The Morgan fingerprint density at radius 1 is 1.38 bits per heavy atom. The first-order valence-electron chi connectivity index (χ1n) is 5.40. The highest BCUT2D eigenvalue weighted by atomic mass is 35.5. The lowest BCUT2D eigenvalue weighted by molar-refractivity contribution is -0.0119. The molecule has 1 aromatic rings. The van der Waals surface area contributed by atoms with Crippen molar-refractivity contribution in [1.82, 2.24) is 0 Å². The molecule has 2 N–H and O–H groups in total. The quantitative estimate of drug-likeness (QED) is 0.799. The summed E-state index contributed by atoms with van der Waals surface area (Å²) in [5.74, 6) is 0. The summed E-state index contributed by atoms with van der Waals surface area (Å²) < 4.78 is 10.9. The number of rotatable bonds is 7. The smallest absolute Gasteiger partial charge is 0.0930 e. The van der Waals surface area contributed by atoms with Crippen molar-refractivity contribution in [2.75, 3.05) is 19.8 Å². The van der Waals surface area contributed by atoms with Gasteiger partial charge in [-0.1, -0.05) is 29.8 Å². The van der Waals surface area contributed by atoms with E-state index in [0.29, 0.717) is 26.4 Å². The minimum Gasteiger partial charge on any atom is -0.375 e. The summed E-state index contributed by atoms with van der Waals surface area (Å²) in [6.07, 6.45) is -0.0347. The SMILES string of the molecule is CCOC(CN)COCc1ccccc1Cl. The second-order valence-corrected chi connectivity index (χ2v) is 3.83. The Bertz CT molecular complexity index is 307. The summed E-state index contributed by atoms with van der Waals surface area (Å²) in [6, 6.07) is 7.63. The van der Waals surface area contributed by atoms with Gasteiger partial charge in [-0.2, -0.15) is 0 Å². The Morgan fingerprint density at radius 2 is 2.12 bits per heavy atom. The number of hydrogen-bond acceptors (Lipinski definition) is 3. The van der Waals surface area contributed by atoms with E-state index in [4.69, 9.17) is 26.8 Å². The Morgan fingerprint density at radius 3 is 2.75 bits per heavy atom. The maximum absolute atomic E-state index is 6.00. The summed E-state index contributed by atoms with van der Waals surface area (Å²) in [5.41, 5.74) is 6.52. The lowest BCUT2D eigenvalue weighted by Gasteiger charge is -2.15. The predicted octanol–water partition coefficient (Wildman–Crippen LogP) is 2.22. The van der Waals surface area contributed by atoms with Gasteiger partial charge in [-0.15, -0.1) is 0 Å². The molecule has 90 valence electrons. The van der Waals surface area contributed by atoms with Crippen molar-refractivity contribution in [1.29, 1.82) is 0 Å². The van der Waals surface area contributed by atoms with Crippen LogP contribution in [0.2, 0.25) is 5.02 Å². The Hall–Kier alpha value is -0.610. The fourth-order valence-electron chi connectivity index (χ4n) is 1.34. The van der Waals surface area contributed by atoms with Crippen LogP contribution in [0.3, 0.4) is 0 Å². The van der Waals surface area contributed by atoms with E-state index in [-0.39, 0.29) is 6.10 Å². The fourth-order valence-corrected chi connectivity index (χ4v) is 1.53. The third kappa shape index (κ3) is 4.49. The molecule has 0 radical (unpaired) electrons. The van der Waals surface area contributed by atoms with Crippen LogP contribution in [0.1, 0.15) is 12.5 Å². The molecule has 0 aliphatic heterocycles. The van der Waals surface area contributed by atoms with E-state index in [9.17, 15) is 0 Å². The van der Waals surface area contributed by atoms with Crippen LogP contribution in [0, 0.1) is 0 Å². The molecule has 0 saturated heterocycles. The molecular weight excluding hydrogens is 226 g/mol. The van der Waals surface area contributed by atoms with E-state index < -0.39 is 0 Å². The van der Waals surface area contributed by atoms with Gasteiger partial charge in [-0.25, -0.2) is 0 Å². The van der Waals surface area contributed by atoms with Gasteiger partial charge in [0, 0.05) is 18.2 Å². The molecule has 4 heteroatoms. The van der Waals surface area contributed by atoms with Crippen molar-refractivity contribution in [3.8, 4) is 0 Å². The van der Waals surface area contributed by atoms with Gasteiger partial charge in [0.2, 0.25) is 0 Å². The molecule has 0 aliphatic rings. The van der Waals surface area contributed by atoms with E-state index in [1.54, 1.807) is 0 Å². The van der Waals surface area contributed by atoms with Crippen LogP contribution in [0.5, 0.6) is 0 Å². The van der Waals surface area contributed by atoms with Gasteiger partial charge in [0.15, 0.2) is 0 Å². The van der Waals surface area contributed by atoms with Gasteiger partial charge in [-0.3, -0.25) is 0 Å². The van der Waals surface area contributed by atoms with Crippen LogP contribution in [-0.4, -0.2) is 25.9 Å². The molecule has 16 heavy (non-hydrogen) atoms. The minimum absolute atomic E-state index is 0.0347. The number of halogens is 1. The summed E-state index contributed by atoms with van der Waals surface area (Å²) in [6.45, 7) is 4.04. The molecule has 1 aromatic carbocycles. The zero-order valence-electron chi connectivity index (χ0n) is 9.49. The molecule has 0 fully saturated rings. The van der Waals surface area contributed by atoms with Gasteiger partial charge in [0.1, 0.15) is 0 Å². The van der Waals surface area contributed by atoms with E-state index >= 15 is 0 Å². The maximum atomic E-state index is 6.00. The van der Waals surface area contributed by atoms with E-state index in [1.165, 1.54) is 0 Å². The molecule has 0 aromatic heterocycles. The Kier molecular flexibility index (Phi) is 6.42. The summed E-state index contributed by atoms with van der Waals surface area (Å²) in [7, 11) is 0. The van der Waals surface area contributed by atoms with Crippen molar-refractivity contribution in [2.45, 2.75) is 19.6 Å². The molecule has 0 heterocycles. The van der Waals surface area contributed by atoms with E-state index in [1.807, 2.05) is 31.2 Å². The average Bonchev–Trinajstić information content (AvgIpc) is 2.30. The van der Waals surface area contributed by atoms with Gasteiger partial charge in [-0.05, 0) is 18.6 Å². The first-order chi connectivity index (χ1) is 7.77. The zero-order valence-corrected chi connectivity index (χ0v) is 10.2. The number of hydrogen-bond donors (Lipinski definition) is 1. The lowest BCUT2D eigenvalue weighted by Crippen LogP contribution is -2.28. The van der Waals surface area contributed by atoms with Crippen LogP contribution < -0.4 is 5.73 Å². The molecule has 0 bridgehead atoms. The second-order valence-electron chi connectivity index (χ2n) is 3.42. The number of nitrogens with two attached hydrogens (primary N) is 1. The highest BCUT2D eigenvalue weighted by molar-refractivity contribution is 6.31. The Balaban J connectivity index is 2.32. The number of ether oxygens (including phenoxy) is 2. The molecule has 3 nitrogen and oxygen atoms in total. The number of benzene rings is 1. The van der Waals surface area contributed by atoms with E-state index in [2.05, 4.69) is 0 Å². The normalized spacial score (nSPS) is 12.7. The highest BCUT2D eigenvalue weighted by Crippen LogP contribution is 2.15. The maximum Gasteiger partial charge on any atom is 0.0930 e. The van der Waals surface area contributed by atoms with Gasteiger partial charge in [0.05, 0.1) is 19.3 Å². The molecule has 1 atom stereocenters. The van der Waals surface area contributed by atoms with Gasteiger partial charge in [0.25, 0.3) is 0 Å². The van der Waals surface area contributed by atoms with E-state index in [0.717, 1.165) is 10.6 Å². The second kappa shape index (κ2) is 7.63. The van der Waals surface area contributed by atoms with Crippen molar-refractivity contribution >= 4 is 11.6 Å². The van der Waals surface area contributed by atoms with Gasteiger partial charge < -0.3 is 15.2 Å². The van der Waals surface area contributed by atoms with Crippen LogP contribution >= 0.6 is 11.6 Å². The predicted molar refractivity (Wildman–Crippen MR) is 65.6 cm³/mol. The summed E-state index contributed by atoms with van der Waals surface area (Å²) >= 11 is 6.00. The van der Waals surface area contributed by atoms with Crippen molar-refractivity contribution in [2.24, 2.45) is 5.73 Å². The lowest BCUT2D eigenvalue weighted by atomic mass is 10.2. The van der Waals surface area contributed by atoms with Crippen molar-refractivity contribution in [3.05, 3.63) is 34.9 Å². The third-order valence-electron chi connectivity index (χ3n) is 2.18. The molecule has 0 spiro atoms. The molecular formula is C12H18ClNO2.